The number of sulfonamides is 1. The highest BCUT2D eigenvalue weighted by atomic mass is 32.2. The molecule has 1 saturated heterocycles. The molecule has 2 aliphatic rings. The van der Waals surface area contributed by atoms with Crippen LogP contribution in [-0.4, -0.2) is 40.0 Å². The second-order valence-corrected chi connectivity index (χ2v) is 8.49. The molecule has 0 unspecified atom stereocenters. The van der Waals surface area contributed by atoms with Crippen LogP contribution in [0.4, 0.5) is 5.69 Å². The summed E-state index contributed by atoms with van der Waals surface area (Å²) in [5, 5.41) is 2.88. The Morgan fingerprint density at radius 2 is 1.85 bits per heavy atom. The van der Waals surface area contributed by atoms with Crippen molar-refractivity contribution in [3.8, 4) is 11.5 Å². The Labute approximate surface area is 157 Å². The van der Waals surface area contributed by atoms with Crippen molar-refractivity contribution in [2.75, 3.05) is 29.9 Å². The van der Waals surface area contributed by atoms with Gasteiger partial charge in [-0.25, -0.2) is 8.42 Å². The fourth-order valence-electron chi connectivity index (χ4n) is 3.23. The fourth-order valence-corrected chi connectivity index (χ4v) is 4.79. The van der Waals surface area contributed by atoms with Gasteiger partial charge in [0.05, 0.1) is 11.4 Å². The van der Waals surface area contributed by atoms with E-state index in [2.05, 4.69) is 5.32 Å². The van der Waals surface area contributed by atoms with E-state index >= 15 is 0 Å². The molecule has 27 heavy (non-hydrogen) atoms. The Morgan fingerprint density at radius 1 is 1.07 bits per heavy atom. The maximum absolute atomic E-state index is 12.3. The standard InChI is InChI=1S/C19H20N2O5S/c22-19(20-9-8-14-2-7-17-18(12-14)26-13-25-17)15-3-5-16(6-4-15)21-10-1-11-27(21,23)24/h2-7,12H,1,8-11,13H2,(H,20,22). The van der Waals surface area contributed by atoms with Gasteiger partial charge in [0.2, 0.25) is 16.8 Å². The van der Waals surface area contributed by atoms with Gasteiger partial charge in [-0.2, -0.15) is 0 Å². The highest BCUT2D eigenvalue weighted by Gasteiger charge is 2.28. The van der Waals surface area contributed by atoms with E-state index in [4.69, 9.17) is 9.47 Å². The second-order valence-electron chi connectivity index (χ2n) is 6.48. The van der Waals surface area contributed by atoms with E-state index in [1.807, 2.05) is 18.2 Å². The third kappa shape index (κ3) is 3.71. The molecular formula is C19H20N2O5S. The summed E-state index contributed by atoms with van der Waals surface area (Å²) in [6, 6.07) is 12.4. The molecule has 0 radical (unpaired) electrons. The molecule has 2 aromatic carbocycles. The Hall–Kier alpha value is -2.74. The molecule has 1 fully saturated rings. The SMILES string of the molecule is O=C(NCCc1ccc2c(c1)OCO2)c1ccc(N2CCCS2(=O)=O)cc1. The molecule has 0 aromatic heterocycles. The number of nitrogens with zero attached hydrogens (tertiary/aromatic N) is 1. The van der Waals surface area contributed by atoms with E-state index in [1.165, 1.54) is 4.31 Å². The summed E-state index contributed by atoms with van der Waals surface area (Å²) in [6.45, 7) is 1.22. The molecule has 0 bridgehead atoms. The van der Waals surface area contributed by atoms with Crippen LogP contribution in [0.5, 0.6) is 11.5 Å². The number of amides is 1. The minimum Gasteiger partial charge on any atom is -0.454 e. The monoisotopic (exact) mass is 388 g/mol. The number of hydrogen-bond donors (Lipinski definition) is 1. The minimum absolute atomic E-state index is 0.176. The number of rotatable bonds is 5. The zero-order chi connectivity index (χ0) is 18.9. The van der Waals surface area contributed by atoms with Crippen LogP contribution >= 0.6 is 0 Å². The predicted octanol–water partition coefficient (Wildman–Crippen LogP) is 1.93. The molecule has 1 N–H and O–H groups in total. The Kier molecular flexibility index (Phi) is 4.65. The molecule has 1 amide bonds. The molecule has 0 aliphatic carbocycles. The Balaban J connectivity index is 1.33. The number of hydrogen-bond acceptors (Lipinski definition) is 5. The lowest BCUT2D eigenvalue weighted by Crippen LogP contribution is -2.26. The second kappa shape index (κ2) is 7.11. The van der Waals surface area contributed by atoms with Crippen LogP contribution < -0.4 is 19.1 Å². The van der Waals surface area contributed by atoms with Gasteiger partial charge in [-0.3, -0.25) is 9.10 Å². The maximum Gasteiger partial charge on any atom is 0.251 e. The molecule has 7 nitrogen and oxygen atoms in total. The fraction of sp³-hybridized carbons (Fsp3) is 0.316. The van der Waals surface area contributed by atoms with Crippen LogP contribution in [0.3, 0.4) is 0 Å². The number of nitrogens with one attached hydrogen (secondary N) is 1. The van der Waals surface area contributed by atoms with Crippen molar-refractivity contribution in [3.05, 3.63) is 53.6 Å². The molecule has 142 valence electrons. The van der Waals surface area contributed by atoms with Crippen molar-refractivity contribution < 1.29 is 22.7 Å². The lowest BCUT2D eigenvalue weighted by molar-refractivity contribution is 0.0954. The van der Waals surface area contributed by atoms with Crippen LogP contribution in [0.25, 0.3) is 0 Å². The molecule has 2 aliphatic heterocycles. The first-order valence-corrected chi connectivity index (χ1v) is 10.4. The largest absolute Gasteiger partial charge is 0.454 e. The zero-order valence-corrected chi connectivity index (χ0v) is 15.5. The summed E-state index contributed by atoms with van der Waals surface area (Å²) in [7, 11) is -3.21. The van der Waals surface area contributed by atoms with Crippen molar-refractivity contribution >= 4 is 21.6 Å². The summed E-state index contributed by atoms with van der Waals surface area (Å²) >= 11 is 0. The van der Waals surface area contributed by atoms with Gasteiger partial charge >= 0.3 is 0 Å². The Morgan fingerprint density at radius 3 is 2.59 bits per heavy atom. The lowest BCUT2D eigenvalue weighted by Gasteiger charge is -2.17. The highest BCUT2D eigenvalue weighted by Crippen LogP contribution is 2.32. The van der Waals surface area contributed by atoms with Crippen LogP contribution in [0, 0.1) is 0 Å². The third-order valence-electron chi connectivity index (χ3n) is 4.65. The van der Waals surface area contributed by atoms with Crippen molar-refractivity contribution in [1.82, 2.24) is 5.32 Å². The number of anilines is 1. The molecule has 4 rings (SSSR count). The van der Waals surface area contributed by atoms with E-state index in [9.17, 15) is 13.2 Å². The lowest BCUT2D eigenvalue weighted by atomic mass is 10.1. The van der Waals surface area contributed by atoms with E-state index < -0.39 is 10.0 Å². The van der Waals surface area contributed by atoms with Gasteiger partial charge in [0.1, 0.15) is 0 Å². The molecule has 0 saturated carbocycles. The average molecular weight is 388 g/mol. The topological polar surface area (TPSA) is 84.9 Å². The molecule has 0 spiro atoms. The minimum atomic E-state index is -3.21. The van der Waals surface area contributed by atoms with Crippen molar-refractivity contribution in [1.29, 1.82) is 0 Å². The third-order valence-corrected chi connectivity index (χ3v) is 6.52. The van der Waals surface area contributed by atoms with E-state index in [0.29, 0.717) is 37.2 Å². The molecule has 8 heteroatoms. The first-order valence-electron chi connectivity index (χ1n) is 8.80. The quantitative estimate of drug-likeness (QED) is 0.846. The Bertz CT molecular complexity index is 957. The zero-order valence-electron chi connectivity index (χ0n) is 14.7. The summed E-state index contributed by atoms with van der Waals surface area (Å²) < 4.78 is 35.9. The number of ether oxygens (including phenoxy) is 2. The number of carbonyl (C=O) groups excluding carboxylic acids is 1. The number of fused-ring (bicyclic) bond motifs is 1. The first kappa shape index (κ1) is 17.7. The van der Waals surface area contributed by atoms with Gasteiger partial charge in [0.15, 0.2) is 11.5 Å². The van der Waals surface area contributed by atoms with Gasteiger partial charge < -0.3 is 14.8 Å². The number of benzene rings is 2. The van der Waals surface area contributed by atoms with Gasteiger partial charge in [-0.15, -0.1) is 0 Å². The smallest absolute Gasteiger partial charge is 0.251 e. The maximum atomic E-state index is 12.3. The van der Waals surface area contributed by atoms with Crippen LogP contribution in [0.15, 0.2) is 42.5 Å². The van der Waals surface area contributed by atoms with Gasteiger partial charge in [-0.1, -0.05) is 6.07 Å². The molecular weight excluding hydrogens is 368 g/mol. The average Bonchev–Trinajstić information content (AvgIpc) is 3.27. The first-order chi connectivity index (χ1) is 13.0. The summed E-state index contributed by atoms with van der Waals surface area (Å²) in [5.41, 5.74) is 2.15. The van der Waals surface area contributed by atoms with Gasteiger partial charge in [-0.05, 0) is 54.8 Å². The van der Waals surface area contributed by atoms with Crippen LogP contribution in [0.2, 0.25) is 0 Å². The predicted molar refractivity (Wildman–Crippen MR) is 101 cm³/mol. The van der Waals surface area contributed by atoms with Gasteiger partial charge in [0.25, 0.3) is 5.91 Å². The van der Waals surface area contributed by atoms with Crippen molar-refractivity contribution in [3.63, 3.8) is 0 Å². The van der Waals surface area contributed by atoms with Crippen molar-refractivity contribution in [2.24, 2.45) is 0 Å². The summed E-state index contributed by atoms with van der Waals surface area (Å²) in [6.07, 6.45) is 1.30. The summed E-state index contributed by atoms with van der Waals surface area (Å²) in [5.74, 6) is 1.45. The van der Waals surface area contributed by atoms with Crippen LogP contribution in [0.1, 0.15) is 22.3 Å². The molecule has 0 atom stereocenters. The van der Waals surface area contributed by atoms with Gasteiger partial charge in [0, 0.05) is 18.7 Å². The molecule has 2 aromatic rings. The molecule has 2 heterocycles. The van der Waals surface area contributed by atoms with Crippen molar-refractivity contribution in [2.45, 2.75) is 12.8 Å². The normalized spacial score (nSPS) is 17.1. The van der Waals surface area contributed by atoms with E-state index in [1.54, 1.807) is 24.3 Å². The van der Waals surface area contributed by atoms with E-state index in [-0.39, 0.29) is 18.5 Å². The number of carbonyl (C=O) groups is 1. The van der Waals surface area contributed by atoms with E-state index in [0.717, 1.165) is 17.1 Å². The summed E-state index contributed by atoms with van der Waals surface area (Å²) in [4.78, 5) is 12.3. The highest BCUT2D eigenvalue weighted by molar-refractivity contribution is 7.93. The van der Waals surface area contributed by atoms with Crippen LogP contribution in [-0.2, 0) is 16.4 Å².